The highest BCUT2D eigenvalue weighted by Crippen LogP contribution is 2.41. The van der Waals surface area contributed by atoms with Gasteiger partial charge in [0.1, 0.15) is 0 Å². The highest BCUT2D eigenvalue weighted by molar-refractivity contribution is 5.55. The van der Waals surface area contributed by atoms with E-state index in [1.807, 2.05) is 12.1 Å². The van der Waals surface area contributed by atoms with Crippen molar-refractivity contribution in [3.8, 4) is 17.2 Å². The van der Waals surface area contributed by atoms with Crippen molar-refractivity contribution in [2.45, 2.75) is 13.5 Å². The van der Waals surface area contributed by atoms with E-state index in [1.165, 1.54) is 0 Å². The molecule has 0 spiro atoms. The predicted octanol–water partition coefficient (Wildman–Crippen LogP) is 1.55. The molecule has 19 heavy (non-hydrogen) atoms. The van der Waals surface area contributed by atoms with Gasteiger partial charge in [-0.05, 0) is 17.7 Å². The Bertz CT molecular complexity index is 471. The van der Waals surface area contributed by atoms with Crippen LogP contribution in [0.1, 0.15) is 12.5 Å². The van der Waals surface area contributed by atoms with Crippen molar-refractivity contribution in [2.24, 2.45) is 5.41 Å². The Morgan fingerprint density at radius 1 is 1.32 bits per heavy atom. The topological polar surface area (TPSA) is 49.0 Å². The zero-order valence-electron chi connectivity index (χ0n) is 11.3. The molecule has 1 saturated heterocycles. The van der Waals surface area contributed by atoms with E-state index in [0.29, 0.717) is 5.75 Å². The zero-order valence-corrected chi connectivity index (χ0v) is 11.3. The van der Waals surface area contributed by atoms with Crippen molar-refractivity contribution in [3.05, 3.63) is 17.7 Å². The molecule has 1 N–H and O–H groups in total. The molecule has 1 aromatic rings. The number of nitrogens with one attached hydrogen (secondary N) is 1. The molecule has 0 amide bonds. The maximum Gasteiger partial charge on any atom is 0.231 e. The van der Waals surface area contributed by atoms with E-state index in [4.69, 9.17) is 18.9 Å². The van der Waals surface area contributed by atoms with E-state index in [9.17, 15) is 0 Å². The van der Waals surface area contributed by atoms with Crippen LogP contribution in [0.15, 0.2) is 12.1 Å². The molecule has 0 aromatic heterocycles. The molecular weight excluding hydrogens is 246 g/mol. The third kappa shape index (κ3) is 2.48. The van der Waals surface area contributed by atoms with Crippen molar-refractivity contribution in [1.82, 2.24) is 5.32 Å². The van der Waals surface area contributed by atoms with E-state index < -0.39 is 0 Å². The van der Waals surface area contributed by atoms with Crippen LogP contribution in [0, 0.1) is 5.41 Å². The number of fused-ring (bicyclic) bond motifs is 1. The summed E-state index contributed by atoms with van der Waals surface area (Å²) in [7, 11) is 1.64. The third-order valence-corrected chi connectivity index (χ3v) is 3.50. The van der Waals surface area contributed by atoms with Gasteiger partial charge in [-0.25, -0.2) is 0 Å². The average molecular weight is 265 g/mol. The van der Waals surface area contributed by atoms with Gasteiger partial charge in [-0.15, -0.1) is 0 Å². The second kappa shape index (κ2) is 4.90. The summed E-state index contributed by atoms with van der Waals surface area (Å²) in [5.41, 5.74) is 1.41. The normalized spacial score (nSPS) is 19.1. The van der Waals surface area contributed by atoms with Crippen LogP contribution >= 0.6 is 0 Å². The molecule has 2 aliphatic heterocycles. The Labute approximate surface area is 112 Å². The number of benzene rings is 1. The Kier molecular flexibility index (Phi) is 3.24. The Morgan fingerprint density at radius 2 is 2.16 bits per heavy atom. The van der Waals surface area contributed by atoms with Gasteiger partial charge in [0.2, 0.25) is 12.5 Å². The molecule has 2 aliphatic rings. The molecule has 104 valence electrons. The summed E-state index contributed by atoms with van der Waals surface area (Å²) in [5, 5.41) is 3.45. The minimum Gasteiger partial charge on any atom is -0.493 e. The number of hydrogen-bond acceptors (Lipinski definition) is 5. The molecule has 0 saturated carbocycles. The first kappa shape index (κ1) is 12.6. The molecule has 1 aromatic carbocycles. The molecule has 2 heterocycles. The van der Waals surface area contributed by atoms with Crippen LogP contribution in [0.25, 0.3) is 0 Å². The van der Waals surface area contributed by atoms with Gasteiger partial charge in [0, 0.05) is 18.5 Å². The van der Waals surface area contributed by atoms with Crippen LogP contribution in [-0.4, -0.2) is 33.7 Å². The lowest BCUT2D eigenvalue weighted by Crippen LogP contribution is -2.47. The monoisotopic (exact) mass is 265 g/mol. The summed E-state index contributed by atoms with van der Waals surface area (Å²) in [4.78, 5) is 0. The van der Waals surface area contributed by atoms with E-state index in [0.717, 1.165) is 43.4 Å². The van der Waals surface area contributed by atoms with Gasteiger partial charge in [0.25, 0.3) is 0 Å². The first-order chi connectivity index (χ1) is 9.20. The van der Waals surface area contributed by atoms with E-state index in [-0.39, 0.29) is 12.2 Å². The predicted molar refractivity (Wildman–Crippen MR) is 69.7 cm³/mol. The molecular formula is C14H19NO4. The van der Waals surface area contributed by atoms with Crippen LogP contribution in [0.5, 0.6) is 17.2 Å². The zero-order chi connectivity index (χ0) is 13.3. The second-order valence-electron chi connectivity index (χ2n) is 5.44. The minimum absolute atomic E-state index is 0.262. The van der Waals surface area contributed by atoms with Gasteiger partial charge in [-0.3, -0.25) is 0 Å². The van der Waals surface area contributed by atoms with Crippen molar-refractivity contribution >= 4 is 0 Å². The fraction of sp³-hybridized carbons (Fsp3) is 0.571. The minimum atomic E-state index is 0.262. The number of methoxy groups -OCH3 is 1. The molecule has 0 bridgehead atoms. The maximum atomic E-state index is 5.41. The lowest BCUT2D eigenvalue weighted by atomic mass is 9.89. The average Bonchev–Trinajstić information content (AvgIpc) is 2.84. The van der Waals surface area contributed by atoms with Crippen LogP contribution < -0.4 is 19.5 Å². The summed E-state index contributed by atoms with van der Waals surface area (Å²) < 4.78 is 21.4. The molecule has 0 unspecified atom stereocenters. The number of hydrogen-bond donors (Lipinski definition) is 1. The SMILES string of the molecule is COc1cc(CNCC2(C)COC2)cc2c1OCO2. The third-order valence-electron chi connectivity index (χ3n) is 3.50. The highest BCUT2D eigenvalue weighted by Gasteiger charge is 2.32. The quantitative estimate of drug-likeness (QED) is 0.875. The molecule has 5 nitrogen and oxygen atoms in total. The van der Waals surface area contributed by atoms with Crippen LogP contribution in [0.2, 0.25) is 0 Å². The van der Waals surface area contributed by atoms with E-state index in [1.54, 1.807) is 7.11 Å². The molecule has 5 heteroatoms. The summed E-state index contributed by atoms with van der Waals surface area (Å²) in [5.74, 6) is 2.19. The maximum absolute atomic E-state index is 5.41. The van der Waals surface area contributed by atoms with Crippen LogP contribution in [-0.2, 0) is 11.3 Å². The molecule has 0 aliphatic carbocycles. The van der Waals surface area contributed by atoms with Gasteiger partial charge in [-0.1, -0.05) is 6.92 Å². The van der Waals surface area contributed by atoms with Crippen LogP contribution in [0.4, 0.5) is 0 Å². The Balaban J connectivity index is 1.64. The summed E-state index contributed by atoms with van der Waals surface area (Å²) in [6.45, 7) is 5.89. The second-order valence-corrected chi connectivity index (χ2v) is 5.44. The van der Waals surface area contributed by atoms with Gasteiger partial charge in [-0.2, -0.15) is 0 Å². The molecule has 0 atom stereocenters. The summed E-state index contributed by atoms with van der Waals surface area (Å²) >= 11 is 0. The fourth-order valence-corrected chi connectivity index (χ4v) is 2.35. The summed E-state index contributed by atoms with van der Waals surface area (Å²) in [6, 6.07) is 3.98. The largest absolute Gasteiger partial charge is 0.493 e. The summed E-state index contributed by atoms with van der Waals surface area (Å²) in [6.07, 6.45) is 0. The van der Waals surface area contributed by atoms with Crippen molar-refractivity contribution < 1.29 is 18.9 Å². The van der Waals surface area contributed by atoms with Gasteiger partial charge >= 0.3 is 0 Å². The van der Waals surface area contributed by atoms with Crippen molar-refractivity contribution in [1.29, 1.82) is 0 Å². The lowest BCUT2D eigenvalue weighted by Gasteiger charge is -2.38. The first-order valence-electron chi connectivity index (χ1n) is 6.45. The first-order valence-corrected chi connectivity index (χ1v) is 6.45. The lowest BCUT2D eigenvalue weighted by molar-refractivity contribution is -0.0991. The van der Waals surface area contributed by atoms with E-state index in [2.05, 4.69) is 12.2 Å². The molecule has 0 radical (unpaired) electrons. The van der Waals surface area contributed by atoms with E-state index >= 15 is 0 Å². The molecule has 3 rings (SSSR count). The number of rotatable bonds is 5. The van der Waals surface area contributed by atoms with Crippen molar-refractivity contribution in [3.63, 3.8) is 0 Å². The highest BCUT2D eigenvalue weighted by atomic mass is 16.7. The smallest absolute Gasteiger partial charge is 0.231 e. The van der Waals surface area contributed by atoms with Crippen LogP contribution in [0.3, 0.4) is 0 Å². The Hall–Kier alpha value is -1.46. The Morgan fingerprint density at radius 3 is 2.84 bits per heavy atom. The van der Waals surface area contributed by atoms with Gasteiger partial charge in [0.05, 0.1) is 20.3 Å². The van der Waals surface area contributed by atoms with Gasteiger partial charge < -0.3 is 24.3 Å². The van der Waals surface area contributed by atoms with Crippen molar-refractivity contribution in [2.75, 3.05) is 33.7 Å². The molecule has 1 fully saturated rings. The fourth-order valence-electron chi connectivity index (χ4n) is 2.35. The number of ether oxygens (including phenoxy) is 4. The van der Waals surface area contributed by atoms with Gasteiger partial charge in [0.15, 0.2) is 11.5 Å². The standard InChI is InChI=1S/C14H19NO4/c1-14(7-17-8-14)6-15-5-10-3-11(16-2)13-12(4-10)18-9-19-13/h3-4,15H,5-9H2,1-2H3.